The monoisotopic (exact) mass is 380 g/mol. The zero-order chi connectivity index (χ0) is 13.1. The van der Waals surface area contributed by atoms with Crippen LogP contribution < -0.4 is 10.6 Å². The molecule has 2 heterocycles. The molecule has 1 fully saturated rings. The Labute approximate surface area is 122 Å². The van der Waals surface area contributed by atoms with Gasteiger partial charge in [0.1, 0.15) is 9.21 Å². The number of hydrogen-bond donors (Lipinski definition) is 3. The second-order valence-corrected chi connectivity index (χ2v) is 5.58. The number of nitrogens with one attached hydrogen (secondary N) is 3. The van der Waals surface area contributed by atoms with E-state index in [0.717, 1.165) is 19.5 Å². The van der Waals surface area contributed by atoms with Crippen LogP contribution in [0.5, 0.6) is 0 Å². The lowest BCUT2D eigenvalue weighted by Gasteiger charge is -2.31. The highest BCUT2D eigenvalue weighted by Crippen LogP contribution is 2.19. The summed E-state index contributed by atoms with van der Waals surface area (Å²) in [6.45, 7) is 1.61. The van der Waals surface area contributed by atoms with Crippen LogP contribution in [0.15, 0.2) is 9.21 Å². The highest BCUT2D eigenvalue weighted by molar-refractivity contribution is 9.13. The summed E-state index contributed by atoms with van der Waals surface area (Å²) in [7, 11) is 1.65. The van der Waals surface area contributed by atoms with Crippen LogP contribution in [0.2, 0.25) is 0 Å². The Morgan fingerprint density at radius 1 is 1.56 bits per heavy atom. The van der Waals surface area contributed by atoms with Gasteiger partial charge in [0.2, 0.25) is 0 Å². The molecule has 0 aliphatic carbocycles. The average molecular weight is 382 g/mol. The lowest BCUT2D eigenvalue weighted by atomic mass is 10.0. The van der Waals surface area contributed by atoms with Gasteiger partial charge < -0.3 is 20.4 Å². The van der Waals surface area contributed by atoms with E-state index in [2.05, 4.69) is 52.5 Å². The fourth-order valence-corrected chi connectivity index (χ4v) is 2.47. The molecule has 3 N–H and O–H groups in total. The number of hydrogen-bond acceptors (Lipinski definition) is 4. The summed E-state index contributed by atoms with van der Waals surface area (Å²) in [5.74, 6) is 0.0532. The van der Waals surface area contributed by atoms with Crippen LogP contribution in [-0.2, 0) is 4.74 Å². The molecular formula is C10H14Br2N4O2. The third kappa shape index (κ3) is 3.11. The molecule has 1 amide bonds. The molecular weight excluding hydrogens is 368 g/mol. The number of carbonyl (C=O) groups excluding carboxylic acids is 1. The summed E-state index contributed by atoms with van der Waals surface area (Å²) in [5, 5.41) is 6.16. The third-order valence-electron chi connectivity index (χ3n) is 2.88. The molecule has 0 saturated carbocycles. The quantitative estimate of drug-likeness (QED) is 0.730. The molecule has 1 aliphatic rings. The van der Waals surface area contributed by atoms with Gasteiger partial charge in [-0.1, -0.05) is 0 Å². The number of imidazole rings is 1. The SMILES string of the molecule is COC1CNCCC1NC(=O)c1nc(Br)c(Br)[nH]1. The van der Waals surface area contributed by atoms with Crippen molar-refractivity contribution in [3.8, 4) is 0 Å². The first-order chi connectivity index (χ1) is 8.61. The van der Waals surface area contributed by atoms with E-state index >= 15 is 0 Å². The maximum absolute atomic E-state index is 12.0. The van der Waals surface area contributed by atoms with Crippen LogP contribution >= 0.6 is 31.9 Å². The predicted molar refractivity (Wildman–Crippen MR) is 73.5 cm³/mol. The van der Waals surface area contributed by atoms with Crippen molar-refractivity contribution in [1.82, 2.24) is 20.6 Å². The largest absolute Gasteiger partial charge is 0.378 e. The fourth-order valence-electron chi connectivity index (χ4n) is 1.92. The average Bonchev–Trinajstić information content (AvgIpc) is 2.70. The molecule has 0 bridgehead atoms. The Kier molecular flexibility index (Phi) is 4.77. The number of nitrogens with zero attached hydrogens (tertiary/aromatic N) is 1. The zero-order valence-electron chi connectivity index (χ0n) is 9.80. The number of carbonyl (C=O) groups is 1. The van der Waals surface area contributed by atoms with Crippen molar-refractivity contribution in [2.45, 2.75) is 18.6 Å². The van der Waals surface area contributed by atoms with Crippen molar-refractivity contribution in [2.75, 3.05) is 20.2 Å². The van der Waals surface area contributed by atoms with Crippen molar-refractivity contribution < 1.29 is 9.53 Å². The molecule has 1 aromatic rings. The van der Waals surface area contributed by atoms with Gasteiger partial charge in [0.05, 0.1) is 12.1 Å². The summed E-state index contributed by atoms with van der Waals surface area (Å²) < 4.78 is 6.58. The summed E-state index contributed by atoms with van der Waals surface area (Å²) in [6, 6.07) is 0.00593. The topological polar surface area (TPSA) is 79.0 Å². The highest BCUT2D eigenvalue weighted by Gasteiger charge is 2.27. The van der Waals surface area contributed by atoms with Gasteiger partial charge in [-0.25, -0.2) is 4.98 Å². The van der Waals surface area contributed by atoms with Crippen LogP contribution in [0.25, 0.3) is 0 Å². The number of H-pyrrole nitrogens is 1. The minimum absolute atomic E-state index is 0.00593. The standard InChI is InChI=1S/C10H14Br2N4O2/c1-18-6-4-13-3-2-5(6)14-10(17)9-15-7(11)8(12)16-9/h5-6,13H,2-4H2,1H3,(H,14,17)(H,15,16). The minimum atomic E-state index is -0.227. The number of ether oxygens (including phenoxy) is 1. The summed E-state index contributed by atoms with van der Waals surface area (Å²) in [4.78, 5) is 18.9. The van der Waals surface area contributed by atoms with Crippen molar-refractivity contribution in [3.05, 3.63) is 15.0 Å². The van der Waals surface area contributed by atoms with E-state index in [1.54, 1.807) is 7.11 Å². The van der Waals surface area contributed by atoms with Crippen molar-refractivity contribution in [1.29, 1.82) is 0 Å². The van der Waals surface area contributed by atoms with E-state index in [4.69, 9.17) is 4.74 Å². The zero-order valence-corrected chi connectivity index (χ0v) is 13.0. The number of piperidine rings is 1. The van der Waals surface area contributed by atoms with Gasteiger partial charge in [-0.2, -0.15) is 0 Å². The highest BCUT2D eigenvalue weighted by atomic mass is 79.9. The second kappa shape index (κ2) is 6.14. The molecule has 1 aliphatic heterocycles. The second-order valence-electron chi connectivity index (χ2n) is 4.04. The third-order valence-corrected chi connectivity index (χ3v) is 4.56. The Morgan fingerprint density at radius 3 is 2.94 bits per heavy atom. The normalized spacial score (nSPS) is 23.9. The predicted octanol–water partition coefficient (Wildman–Crippen LogP) is 1.04. The van der Waals surface area contributed by atoms with Gasteiger partial charge in [0.25, 0.3) is 5.91 Å². The molecule has 0 aromatic carbocycles. The number of aromatic amines is 1. The number of methoxy groups -OCH3 is 1. The molecule has 0 radical (unpaired) electrons. The smallest absolute Gasteiger partial charge is 0.287 e. The molecule has 1 saturated heterocycles. The lowest BCUT2D eigenvalue weighted by molar-refractivity contribution is 0.0473. The molecule has 0 spiro atoms. The van der Waals surface area contributed by atoms with Crippen LogP contribution in [0.4, 0.5) is 0 Å². The first-order valence-electron chi connectivity index (χ1n) is 5.57. The van der Waals surface area contributed by atoms with E-state index in [1.807, 2.05) is 0 Å². The van der Waals surface area contributed by atoms with E-state index < -0.39 is 0 Å². The molecule has 100 valence electrons. The van der Waals surface area contributed by atoms with Gasteiger partial charge >= 0.3 is 0 Å². The Hall–Kier alpha value is -0.440. The molecule has 18 heavy (non-hydrogen) atoms. The van der Waals surface area contributed by atoms with E-state index in [1.165, 1.54) is 0 Å². The van der Waals surface area contributed by atoms with Gasteiger partial charge in [0, 0.05) is 13.7 Å². The van der Waals surface area contributed by atoms with Crippen molar-refractivity contribution in [2.24, 2.45) is 0 Å². The molecule has 6 nitrogen and oxygen atoms in total. The van der Waals surface area contributed by atoms with Gasteiger partial charge in [-0.05, 0) is 44.8 Å². The molecule has 2 rings (SSSR count). The van der Waals surface area contributed by atoms with Crippen LogP contribution in [0.1, 0.15) is 17.0 Å². The van der Waals surface area contributed by atoms with E-state index in [-0.39, 0.29) is 23.9 Å². The molecule has 2 unspecified atom stereocenters. The lowest BCUT2D eigenvalue weighted by Crippen LogP contribution is -2.53. The molecule has 1 aromatic heterocycles. The van der Waals surface area contributed by atoms with Gasteiger partial charge in [-0.3, -0.25) is 4.79 Å². The maximum atomic E-state index is 12.0. The van der Waals surface area contributed by atoms with E-state index in [0.29, 0.717) is 9.21 Å². The minimum Gasteiger partial charge on any atom is -0.378 e. The Morgan fingerprint density at radius 2 is 2.33 bits per heavy atom. The number of halogens is 2. The summed E-state index contributed by atoms with van der Waals surface area (Å²) in [5.41, 5.74) is 0. The van der Waals surface area contributed by atoms with Crippen molar-refractivity contribution in [3.63, 3.8) is 0 Å². The van der Waals surface area contributed by atoms with E-state index in [9.17, 15) is 4.79 Å². The van der Waals surface area contributed by atoms with Crippen LogP contribution in [0, 0.1) is 0 Å². The number of aromatic nitrogens is 2. The summed E-state index contributed by atoms with van der Waals surface area (Å²) >= 11 is 6.49. The van der Waals surface area contributed by atoms with Gasteiger partial charge in [-0.15, -0.1) is 0 Å². The van der Waals surface area contributed by atoms with Crippen LogP contribution in [-0.4, -0.2) is 48.2 Å². The summed E-state index contributed by atoms with van der Waals surface area (Å²) in [6.07, 6.45) is 0.831. The number of amides is 1. The van der Waals surface area contributed by atoms with Crippen molar-refractivity contribution >= 4 is 37.8 Å². The molecule has 8 heteroatoms. The Balaban J connectivity index is 2.01. The first kappa shape index (κ1) is 14.0. The first-order valence-corrected chi connectivity index (χ1v) is 7.15. The Bertz CT molecular complexity index is 418. The maximum Gasteiger partial charge on any atom is 0.287 e. The van der Waals surface area contributed by atoms with Crippen LogP contribution in [0.3, 0.4) is 0 Å². The fraction of sp³-hybridized carbons (Fsp3) is 0.600. The number of rotatable bonds is 3. The molecule has 2 atom stereocenters. The van der Waals surface area contributed by atoms with Gasteiger partial charge in [0.15, 0.2) is 5.82 Å².